The highest BCUT2D eigenvalue weighted by molar-refractivity contribution is 5.91. The number of hydrogen-bond donors (Lipinski definition) is 2. The molecule has 1 unspecified atom stereocenters. The normalized spacial score (nSPS) is 17.1. The minimum atomic E-state index is 0.277. The number of anilines is 3. The van der Waals surface area contributed by atoms with Crippen LogP contribution in [0.1, 0.15) is 12.8 Å². The van der Waals surface area contributed by atoms with Gasteiger partial charge in [-0.3, -0.25) is 4.98 Å². The Hall–Kier alpha value is -2.73. The van der Waals surface area contributed by atoms with Crippen LogP contribution in [0.4, 0.5) is 17.3 Å². The Morgan fingerprint density at radius 1 is 1.08 bits per heavy atom. The molecule has 3 heterocycles. The van der Waals surface area contributed by atoms with Gasteiger partial charge in [0.2, 0.25) is 0 Å². The molecule has 0 aliphatic carbocycles. The molecule has 1 fully saturated rings. The van der Waals surface area contributed by atoms with Crippen LogP contribution in [-0.2, 0) is 4.74 Å². The molecule has 0 saturated carbocycles. The number of ether oxygens (including phenoxy) is 1. The first-order valence-corrected chi connectivity index (χ1v) is 8.17. The SMILES string of the molecule is c1cnc2c(Nc3cc(NCC4CCCO4)ncn3)cccc2c1. The minimum Gasteiger partial charge on any atom is -0.376 e. The topological polar surface area (TPSA) is 72.0 Å². The lowest BCUT2D eigenvalue weighted by Gasteiger charge is -2.12. The van der Waals surface area contributed by atoms with E-state index in [-0.39, 0.29) is 6.10 Å². The fourth-order valence-corrected chi connectivity index (χ4v) is 2.89. The van der Waals surface area contributed by atoms with Gasteiger partial charge in [-0.1, -0.05) is 18.2 Å². The molecule has 1 aliphatic heterocycles. The van der Waals surface area contributed by atoms with Gasteiger partial charge in [0.05, 0.1) is 17.3 Å². The molecular weight excluding hydrogens is 302 g/mol. The maximum atomic E-state index is 5.62. The van der Waals surface area contributed by atoms with Crippen molar-refractivity contribution in [3.05, 3.63) is 48.9 Å². The summed E-state index contributed by atoms with van der Waals surface area (Å²) in [6.07, 6.45) is 5.86. The second-order valence-electron chi connectivity index (χ2n) is 5.81. The molecule has 1 aromatic carbocycles. The largest absolute Gasteiger partial charge is 0.376 e. The summed E-state index contributed by atoms with van der Waals surface area (Å²) < 4.78 is 5.62. The second kappa shape index (κ2) is 6.80. The van der Waals surface area contributed by atoms with Gasteiger partial charge in [-0.25, -0.2) is 9.97 Å². The van der Waals surface area contributed by atoms with Gasteiger partial charge in [0.25, 0.3) is 0 Å². The van der Waals surface area contributed by atoms with Crippen LogP contribution in [0.15, 0.2) is 48.9 Å². The number of nitrogens with zero attached hydrogens (tertiary/aromatic N) is 3. The molecule has 0 bridgehead atoms. The van der Waals surface area contributed by atoms with Crippen LogP contribution >= 0.6 is 0 Å². The van der Waals surface area contributed by atoms with Crippen molar-refractivity contribution in [3.8, 4) is 0 Å². The van der Waals surface area contributed by atoms with Crippen LogP contribution in [0.5, 0.6) is 0 Å². The van der Waals surface area contributed by atoms with Crippen molar-refractivity contribution in [1.82, 2.24) is 15.0 Å². The summed E-state index contributed by atoms with van der Waals surface area (Å²) in [7, 11) is 0. The lowest BCUT2D eigenvalue weighted by atomic mass is 10.2. The van der Waals surface area contributed by atoms with Crippen LogP contribution in [-0.4, -0.2) is 34.2 Å². The average molecular weight is 321 g/mol. The van der Waals surface area contributed by atoms with E-state index < -0.39 is 0 Å². The minimum absolute atomic E-state index is 0.277. The van der Waals surface area contributed by atoms with Crippen molar-refractivity contribution in [1.29, 1.82) is 0 Å². The highest BCUT2D eigenvalue weighted by Gasteiger charge is 2.15. The van der Waals surface area contributed by atoms with Crippen LogP contribution in [0, 0.1) is 0 Å². The first kappa shape index (κ1) is 14.8. The van der Waals surface area contributed by atoms with Crippen LogP contribution < -0.4 is 10.6 Å². The van der Waals surface area contributed by atoms with E-state index in [2.05, 4.69) is 25.6 Å². The van der Waals surface area contributed by atoms with E-state index in [1.807, 2.05) is 36.4 Å². The summed E-state index contributed by atoms with van der Waals surface area (Å²) in [4.78, 5) is 13.0. The first-order valence-electron chi connectivity index (χ1n) is 8.17. The fourth-order valence-electron chi connectivity index (χ4n) is 2.89. The standard InChI is InChI=1S/C18H19N5O/c1-4-13-5-2-8-19-18(13)15(7-1)23-17-10-16(21-12-22-17)20-11-14-6-3-9-24-14/h1-2,4-5,7-8,10,12,14H,3,6,9,11H2,(H2,20,21,22,23). The Morgan fingerprint density at radius 2 is 2.00 bits per heavy atom. The highest BCUT2D eigenvalue weighted by atomic mass is 16.5. The molecule has 6 heteroatoms. The molecule has 1 atom stereocenters. The average Bonchev–Trinajstić information content (AvgIpc) is 3.14. The predicted octanol–water partition coefficient (Wildman–Crippen LogP) is 3.36. The molecule has 24 heavy (non-hydrogen) atoms. The van der Waals surface area contributed by atoms with Gasteiger partial charge >= 0.3 is 0 Å². The summed E-state index contributed by atoms with van der Waals surface area (Å²) in [5.74, 6) is 1.52. The quantitative estimate of drug-likeness (QED) is 0.751. The number of pyridine rings is 1. The summed E-state index contributed by atoms with van der Waals surface area (Å²) in [5.41, 5.74) is 1.85. The fraction of sp³-hybridized carbons (Fsp3) is 0.278. The Morgan fingerprint density at radius 3 is 2.92 bits per heavy atom. The Bertz CT molecular complexity index is 827. The number of fused-ring (bicyclic) bond motifs is 1. The smallest absolute Gasteiger partial charge is 0.135 e. The van der Waals surface area contributed by atoms with Crippen molar-refractivity contribution in [2.24, 2.45) is 0 Å². The maximum Gasteiger partial charge on any atom is 0.135 e. The third-order valence-corrected chi connectivity index (χ3v) is 4.10. The third kappa shape index (κ3) is 3.28. The first-order chi connectivity index (χ1) is 11.9. The zero-order chi connectivity index (χ0) is 16.2. The molecule has 3 aromatic rings. The number of rotatable bonds is 5. The predicted molar refractivity (Wildman–Crippen MR) is 94.5 cm³/mol. The summed E-state index contributed by atoms with van der Waals surface area (Å²) in [6.45, 7) is 1.63. The van der Waals surface area contributed by atoms with Crippen LogP contribution in [0.3, 0.4) is 0 Å². The van der Waals surface area contributed by atoms with E-state index >= 15 is 0 Å². The number of aromatic nitrogens is 3. The van der Waals surface area contributed by atoms with Crippen molar-refractivity contribution in [2.45, 2.75) is 18.9 Å². The van der Waals surface area contributed by atoms with Gasteiger partial charge in [0.1, 0.15) is 18.0 Å². The monoisotopic (exact) mass is 321 g/mol. The third-order valence-electron chi connectivity index (χ3n) is 4.10. The Labute approximate surface area is 140 Å². The van der Waals surface area contributed by atoms with E-state index in [0.29, 0.717) is 0 Å². The number of nitrogens with one attached hydrogen (secondary N) is 2. The second-order valence-corrected chi connectivity index (χ2v) is 5.81. The zero-order valence-corrected chi connectivity index (χ0v) is 13.3. The molecule has 1 aliphatic rings. The van der Waals surface area contributed by atoms with Crippen LogP contribution in [0.25, 0.3) is 10.9 Å². The van der Waals surface area contributed by atoms with Gasteiger partial charge in [0, 0.05) is 30.8 Å². The molecule has 0 spiro atoms. The Kier molecular flexibility index (Phi) is 4.20. The van der Waals surface area contributed by atoms with E-state index in [1.54, 1.807) is 12.5 Å². The van der Waals surface area contributed by atoms with E-state index in [0.717, 1.165) is 54.2 Å². The van der Waals surface area contributed by atoms with Crippen molar-refractivity contribution >= 4 is 28.2 Å². The van der Waals surface area contributed by atoms with Gasteiger partial charge in [-0.05, 0) is 25.0 Å². The lowest BCUT2D eigenvalue weighted by Crippen LogP contribution is -2.19. The van der Waals surface area contributed by atoms with E-state index in [4.69, 9.17) is 4.74 Å². The van der Waals surface area contributed by atoms with Crippen molar-refractivity contribution in [2.75, 3.05) is 23.8 Å². The van der Waals surface area contributed by atoms with E-state index in [9.17, 15) is 0 Å². The van der Waals surface area contributed by atoms with Gasteiger partial charge < -0.3 is 15.4 Å². The molecule has 0 radical (unpaired) electrons. The van der Waals surface area contributed by atoms with Crippen molar-refractivity contribution < 1.29 is 4.74 Å². The molecule has 2 N–H and O–H groups in total. The number of benzene rings is 1. The van der Waals surface area contributed by atoms with Gasteiger partial charge in [-0.2, -0.15) is 0 Å². The highest BCUT2D eigenvalue weighted by Crippen LogP contribution is 2.24. The van der Waals surface area contributed by atoms with Crippen LogP contribution in [0.2, 0.25) is 0 Å². The van der Waals surface area contributed by atoms with Crippen molar-refractivity contribution in [3.63, 3.8) is 0 Å². The molecule has 0 amide bonds. The van der Waals surface area contributed by atoms with E-state index in [1.165, 1.54) is 0 Å². The van der Waals surface area contributed by atoms with Gasteiger partial charge in [0.15, 0.2) is 0 Å². The molecule has 2 aromatic heterocycles. The number of para-hydroxylation sites is 1. The molecule has 1 saturated heterocycles. The Balaban J connectivity index is 1.50. The summed E-state index contributed by atoms with van der Waals surface area (Å²) in [5, 5.41) is 7.74. The van der Waals surface area contributed by atoms with Gasteiger partial charge in [-0.15, -0.1) is 0 Å². The summed E-state index contributed by atoms with van der Waals surface area (Å²) >= 11 is 0. The maximum absolute atomic E-state index is 5.62. The molecule has 6 nitrogen and oxygen atoms in total. The zero-order valence-electron chi connectivity index (χ0n) is 13.3. The molecule has 4 rings (SSSR count). The number of hydrogen-bond acceptors (Lipinski definition) is 6. The molecular formula is C18H19N5O. The molecule has 122 valence electrons. The lowest BCUT2D eigenvalue weighted by molar-refractivity contribution is 0.120. The summed E-state index contributed by atoms with van der Waals surface area (Å²) in [6, 6.07) is 11.9.